The van der Waals surface area contributed by atoms with Gasteiger partial charge in [-0.05, 0) is 50.0 Å². The van der Waals surface area contributed by atoms with Gasteiger partial charge in [-0.2, -0.15) is 0 Å². The van der Waals surface area contributed by atoms with Gasteiger partial charge in [-0.25, -0.2) is 4.98 Å². The Labute approximate surface area is 158 Å². The molecule has 0 spiro atoms. The Hall–Kier alpha value is -1.79. The van der Waals surface area contributed by atoms with Gasteiger partial charge in [0.1, 0.15) is 11.5 Å². The third-order valence-electron chi connectivity index (χ3n) is 4.70. The van der Waals surface area contributed by atoms with E-state index in [4.69, 9.17) is 4.42 Å². The van der Waals surface area contributed by atoms with Gasteiger partial charge in [0.15, 0.2) is 11.5 Å². The van der Waals surface area contributed by atoms with E-state index in [0.717, 1.165) is 37.1 Å². The van der Waals surface area contributed by atoms with Crippen LogP contribution in [0.25, 0.3) is 11.5 Å². The van der Waals surface area contributed by atoms with Crippen molar-refractivity contribution in [3.63, 3.8) is 0 Å². The van der Waals surface area contributed by atoms with Gasteiger partial charge in [-0.1, -0.05) is 30.5 Å². The van der Waals surface area contributed by atoms with Gasteiger partial charge >= 0.3 is 0 Å². The summed E-state index contributed by atoms with van der Waals surface area (Å²) in [6.45, 7) is 5.42. The van der Waals surface area contributed by atoms with Crippen LogP contribution in [-0.2, 0) is 21.7 Å². The maximum absolute atomic E-state index is 12.5. The van der Waals surface area contributed by atoms with Crippen LogP contribution in [0.5, 0.6) is 0 Å². The van der Waals surface area contributed by atoms with Crippen LogP contribution in [0.4, 0.5) is 0 Å². The monoisotopic (exact) mass is 374 g/mol. The summed E-state index contributed by atoms with van der Waals surface area (Å²) >= 11 is -1.28. The van der Waals surface area contributed by atoms with E-state index < -0.39 is 11.2 Å². The minimum Gasteiger partial charge on any atom is -0.616 e. The fourth-order valence-electron chi connectivity index (χ4n) is 3.22. The number of nitrogens with zero attached hydrogens (tertiary/aromatic N) is 2. The number of hydrogen-bond donors (Lipinski definition) is 0. The van der Waals surface area contributed by atoms with Gasteiger partial charge < -0.3 is 13.9 Å². The lowest BCUT2D eigenvalue weighted by Gasteiger charge is -2.20. The second kappa shape index (κ2) is 8.73. The molecule has 1 aliphatic rings. The van der Waals surface area contributed by atoms with Gasteiger partial charge in [0.2, 0.25) is 5.89 Å². The van der Waals surface area contributed by atoms with Gasteiger partial charge in [0.25, 0.3) is 5.91 Å². The zero-order valence-corrected chi connectivity index (χ0v) is 16.3. The molecule has 26 heavy (non-hydrogen) atoms. The molecule has 6 heteroatoms. The van der Waals surface area contributed by atoms with Crippen LogP contribution < -0.4 is 0 Å². The molecule has 0 saturated carbocycles. The topological polar surface area (TPSA) is 69.4 Å². The smallest absolute Gasteiger partial charge is 0.272 e. The molecule has 0 aliphatic carbocycles. The number of aryl methyl sites for hydroxylation is 2. The summed E-state index contributed by atoms with van der Waals surface area (Å²) in [7, 11) is 0. The molecule has 0 radical (unpaired) electrons. The number of oxazole rings is 1. The van der Waals surface area contributed by atoms with Crippen molar-refractivity contribution in [2.45, 2.75) is 45.3 Å². The van der Waals surface area contributed by atoms with Crippen LogP contribution in [0.3, 0.4) is 0 Å². The fourth-order valence-corrected chi connectivity index (χ4v) is 4.35. The van der Waals surface area contributed by atoms with E-state index in [0.29, 0.717) is 17.3 Å². The molecule has 1 aromatic carbocycles. The SMILES string of the molecule is Cc1cccc(-c2nc(C[S+]([O-])CC(=O)N3CCCCCC3)c(C)o2)c1. The first-order chi connectivity index (χ1) is 12.5. The minimum atomic E-state index is -1.28. The first-order valence-electron chi connectivity index (χ1n) is 9.19. The van der Waals surface area contributed by atoms with Gasteiger partial charge in [0.05, 0.1) is 0 Å². The van der Waals surface area contributed by atoms with E-state index in [1.54, 1.807) is 0 Å². The Bertz CT molecular complexity index is 751. The quantitative estimate of drug-likeness (QED) is 0.750. The predicted octanol–water partition coefficient (Wildman–Crippen LogP) is 3.61. The summed E-state index contributed by atoms with van der Waals surface area (Å²) in [6.07, 6.45) is 4.43. The van der Waals surface area contributed by atoms with Crippen LogP contribution >= 0.6 is 0 Å². The molecule has 5 nitrogen and oxygen atoms in total. The summed E-state index contributed by atoms with van der Waals surface area (Å²) < 4.78 is 18.2. The van der Waals surface area contributed by atoms with E-state index in [1.165, 1.54) is 12.8 Å². The highest BCUT2D eigenvalue weighted by Crippen LogP contribution is 2.24. The maximum Gasteiger partial charge on any atom is 0.272 e. The number of amides is 1. The van der Waals surface area contributed by atoms with Crippen LogP contribution in [0.1, 0.15) is 42.7 Å². The maximum atomic E-state index is 12.5. The number of hydrogen-bond acceptors (Lipinski definition) is 4. The standard InChI is InChI=1S/C20H26N2O3S/c1-15-8-7-9-17(12-15)20-21-18(16(2)25-20)13-26(24)14-19(23)22-10-5-3-4-6-11-22/h7-9,12H,3-6,10-11,13-14H2,1-2H3. The molecule has 0 bridgehead atoms. The Morgan fingerprint density at radius 2 is 1.96 bits per heavy atom. The highest BCUT2D eigenvalue weighted by molar-refractivity contribution is 7.91. The predicted molar refractivity (Wildman–Crippen MR) is 103 cm³/mol. The summed E-state index contributed by atoms with van der Waals surface area (Å²) in [5, 5.41) is 0. The second-order valence-corrected chi connectivity index (χ2v) is 8.37. The zero-order valence-electron chi connectivity index (χ0n) is 15.5. The molecule has 1 amide bonds. The van der Waals surface area contributed by atoms with Crippen molar-refractivity contribution in [2.24, 2.45) is 0 Å². The lowest BCUT2D eigenvalue weighted by atomic mass is 10.1. The first-order valence-corrected chi connectivity index (χ1v) is 10.7. The van der Waals surface area contributed by atoms with E-state index in [1.807, 2.05) is 43.0 Å². The Balaban J connectivity index is 1.62. The molecule has 140 valence electrons. The lowest BCUT2D eigenvalue weighted by Crippen LogP contribution is -2.36. The minimum absolute atomic E-state index is 0.00899. The van der Waals surface area contributed by atoms with Crippen molar-refractivity contribution < 1.29 is 13.8 Å². The molecule has 1 atom stereocenters. The molecule has 0 N–H and O–H groups in total. The summed E-state index contributed by atoms with van der Waals surface area (Å²) in [6, 6.07) is 7.93. The summed E-state index contributed by atoms with van der Waals surface area (Å²) in [5.74, 6) is 1.51. The van der Waals surface area contributed by atoms with Gasteiger partial charge in [-0.15, -0.1) is 0 Å². The second-order valence-electron chi connectivity index (χ2n) is 6.91. The average molecular weight is 375 g/mol. The van der Waals surface area contributed by atoms with Gasteiger partial charge in [0, 0.05) is 18.7 Å². The highest BCUT2D eigenvalue weighted by atomic mass is 32.2. The van der Waals surface area contributed by atoms with Crippen LogP contribution in [-0.4, -0.2) is 39.2 Å². The van der Waals surface area contributed by atoms with Crippen molar-refractivity contribution >= 4 is 17.1 Å². The number of rotatable bonds is 5. The molecule has 2 aromatic rings. The molecule has 1 aliphatic heterocycles. The third-order valence-corrected chi connectivity index (χ3v) is 5.86. The van der Waals surface area contributed by atoms with E-state index in [2.05, 4.69) is 4.98 Å². The van der Waals surface area contributed by atoms with Crippen molar-refractivity contribution in [1.29, 1.82) is 0 Å². The zero-order chi connectivity index (χ0) is 18.5. The summed E-state index contributed by atoms with van der Waals surface area (Å²) in [5.41, 5.74) is 2.71. The molecule has 1 aromatic heterocycles. The number of aromatic nitrogens is 1. The largest absolute Gasteiger partial charge is 0.616 e. The lowest BCUT2D eigenvalue weighted by molar-refractivity contribution is -0.128. The molecular formula is C20H26N2O3S. The first kappa shape index (κ1) is 19.0. The Morgan fingerprint density at radius 1 is 1.23 bits per heavy atom. The molecule has 1 fully saturated rings. The molecular weight excluding hydrogens is 348 g/mol. The number of carbonyl (C=O) groups is 1. The van der Waals surface area contributed by atoms with Crippen molar-refractivity contribution in [2.75, 3.05) is 18.8 Å². The van der Waals surface area contributed by atoms with Crippen LogP contribution in [0, 0.1) is 13.8 Å². The van der Waals surface area contributed by atoms with E-state index in [-0.39, 0.29) is 17.4 Å². The Kier molecular flexibility index (Phi) is 6.38. The normalized spacial score (nSPS) is 16.3. The van der Waals surface area contributed by atoms with E-state index in [9.17, 15) is 9.35 Å². The number of benzene rings is 1. The fraction of sp³-hybridized carbons (Fsp3) is 0.500. The van der Waals surface area contributed by atoms with E-state index >= 15 is 0 Å². The van der Waals surface area contributed by atoms with Gasteiger partial charge in [-0.3, -0.25) is 4.79 Å². The highest BCUT2D eigenvalue weighted by Gasteiger charge is 2.23. The molecule has 3 rings (SSSR count). The van der Waals surface area contributed by atoms with Crippen molar-refractivity contribution in [3.05, 3.63) is 41.3 Å². The van der Waals surface area contributed by atoms with Crippen molar-refractivity contribution in [3.8, 4) is 11.5 Å². The Morgan fingerprint density at radius 3 is 2.65 bits per heavy atom. The summed E-state index contributed by atoms with van der Waals surface area (Å²) in [4.78, 5) is 18.8. The van der Waals surface area contributed by atoms with Crippen LogP contribution in [0.2, 0.25) is 0 Å². The average Bonchev–Trinajstić information content (AvgIpc) is 2.82. The number of carbonyl (C=O) groups excluding carboxylic acids is 1. The molecule has 2 heterocycles. The van der Waals surface area contributed by atoms with Crippen molar-refractivity contribution in [1.82, 2.24) is 9.88 Å². The number of likely N-dealkylation sites (tertiary alicyclic amines) is 1. The molecule has 1 saturated heterocycles. The molecule has 1 unspecified atom stereocenters. The third kappa shape index (κ3) is 4.89. The van der Waals surface area contributed by atoms with Crippen LogP contribution in [0.15, 0.2) is 28.7 Å².